The fourth-order valence-corrected chi connectivity index (χ4v) is 2.71. The van der Waals surface area contributed by atoms with E-state index in [-0.39, 0.29) is 11.2 Å². The summed E-state index contributed by atoms with van der Waals surface area (Å²) in [7, 11) is 0. The molecule has 1 fully saturated rings. The molecule has 1 aromatic heterocycles. The van der Waals surface area contributed by atoms with Gasteiger partial charge < -0.3 is 10.7 Å². The largest absolute Gasteiger partial charge is 0.342 e. The van der Waals surface area contributed by atoms with Gasteiger partial charge in [-0.25, -0.2) is 4.98 Å². The van der Waals surface area contributed by atoms with Gasteiger partial charge in [0.1, 0.15) is 5.82 Å². The second-order valence-electron chi connectivity index (χ2n) is 5.22. The Balaban J connectivity index is 2.01. The number of aromatic amines is 1. The number of carbonyl (C=O) groups is 1. The SMILES string of the molecule is Cc1nc2ccc(C(=O)C3(CN)CCC3)cc2[nH]1. The zero-order valence-corrected chi connectivity index (χ0v) is 10.5. The topological polar surface area (TPSA) is 71.8 Å². The van der Waals surface area contributed by atoms with Gasteiger partial charge in [-0.2, -0.15) is 0 Å². The van der Waals surface area contributed by atoms with Crippen molar-refractivity contribution in [2.45, 2.75) is 26.2 Å². The molecule has 1 saturated carbocycles. The molecule has 4 heteroatoms. The van der Waals surface area contributed by atoms with Gasteiger partial charge in [-0.3, -0.25) is 4.79 Å². The molecule has 1 aliphatic carbocycles. The number of rotatable bonds is 3. The van der Waals surface area contributed by atoms with Gasteiger partial charge in [0.25, 0.3) is 0 Å². The number of carbonyl (C=O) groups excluding carboxylic acids is 1. The van der Waals surface area contributed by atoms with Gasteiger partial charge in [0.2, 0.25) is 0 Å². The normalized spacial score (nSPS) is 17.7. The molecule has 1 heterocycles. The zero-order valence-electron chi connectivity index (χ0n) is 10.5. The summed E-state index contributed by atoms with van der Waals surface area (Å²) >= 11 is 0. The molecule has 0 bridgehead atoms. The van der Waals surface area contributed by atoms with Crippen LogP contribution in [0, 0.1) is 12.3 Å². The van der Waals surface area contributed by atoms with Crippen LogP contribution in [0.15, 0.2) is 18.2 Å². The van der Waals surface area contributed by atoms with Crippen LogP contribution in [0.2, 0.25) is 0 Å². The fourth-order valence-electron chi connectivity index (χ4n) is 2.71. The van der Waals surface area contributed by atoms with Crippen molar-refractivity contribution in [1.82, 2.24) is 9.97 Å². The van der Waals surface area contributed by atoms with Crippen molar-refractivity contribution in [3.05, 3.63) is 29.6 Å². The summed E-state index contributed by atoms with van der Waals surface area (Å²) in [4.78, 5) is 20.0. The molecule has 0 radical (unpaired) electrons. The van der Waals surface area contributed by atoms with Crippen LogP contribution >= 0.6 is 0 Å². The van der Waals surface area contributed by atoms with E-state index in [0.717, 1.165) is 41.7 Å². The Labute approximate surface area is 106 Å². The Morgan fingerprint density at radius 1 is 1.50 bits per heavy atom. The summed E-state index contributed by atoms with van der Waals surface area (Å²) in [5.74, 6) is 1.05. The number of H-pyrrole nitrogens is 1. The number of benzene rings is 1. The highest BCUT2D eigenvalue weighted by Gasteiger charge is 2.42. The van der Waals surface area contributed by atoms with E-state index < -0.39 is 0 Å². The van der Waals surface area contributed by atoms with Gasteiger partial charge >= 0.3 is 0 Å². The highest BCUT2D eigenvalue weighted by molar-refractivity contribution is 6.03. The van der Waals surface area contributed by atoms with Crippen molar-refractivity contribution in [2.24, 2.45) is 11.1 Å². The van der Waals surface area contributed by atoms with Gasteiger partial charge in [0.15, 0.2) is 5.78 Å². The van der Waals surface area contributed by atoms with Crippen molar-refractivity contribution in [1.29, 1.82) is 0 Å². The molecule has 1 aromatic carbocycles. The Kier molecular flexibility index (Phi) is 2.48. The lowest BCUT2D eigenvalue weighted by molar-refractivity contribution is 0.0636. The van der Waals surface area contributed by atoms with Gasteiger partial charge in [-0.1, -0.05) is 6.42 Å². The Bertz CT molecular complexity index is 605. The molecule has 0 amide bonds. The van der Waals surface area contributed by atoms with Gasteiger partial charge in [0, 0.05) is 17.5 Å². The molecule has 94 valence electrons. The third-order valence-electron chi connectivity index (χ3n) is 4.05. The van der Waals surface area contributed by atoms with E-state index in [2.05, 4.69) is 9.97 Å². The number of aromatic nitrogens is 2. The van der Waals surface area contributed by atoms with Gasteiger partial charge in [0.05, 0.1) is 11.0 Å². The van der Waals surface area contributed by atoms with Crippen LogP contribution in [0.3, 0.4) is 0 Å². The maximum atomic E-state index is 12.5. The number of hydrogen-bond donors (Lipinski definition) is 2. The van der Waals surface area contributed by atoms with Crippen LogP contribution in [0.25, 0.3) is 11.0 Å². The third kappa shape index (κ3) is 1.56. The Morgan fingerprint density at radius 3 is 2.89 bits per heavy atom. The minimum atomic E-state index is -0.303. The highest BCUT2D eigenvalue weighted by atomic mass is 16.1. The second-order valence-corrected chi connectivity index (χ2v) is 5.22. The predicted octanol–water partition coefficient (Wildman–Crippen LogP) is 2.18. The maximum absolute atomic E-state index is 12.5. The molecular formula is C14H17N3O. The molecule has 0 atom stereocenters. The van der Waals surface area contributed by atoms with Crippen LogP contribution < -0.4 is 5.73 Å². The minimum Gasteiger partial charge on any atom is -0.342 e. The van der Waals surface area contributed by atoms with Crippen LogP contribution in [-0.2, 0) is 0 Å². The number of fused-ring (bicyclic) bond motifs is 1. The lowest BCUT2D eigenvalue weighted by atomic mass is 9.64. The van der Waals surface area contributed by atoms with E-state index in [0.29, 0.717) is 6.54 Å². The summed E-state index contributed by atoms with van der Waals surface area (Å²) in [6, 6.07) is 5.66. The monoisotopic (exact) mass is 243 g/mol. The lowest BCUT2D eigenvalue weighted by Gasteiger charge is -2.39. The van der Waals surface area contributed by atoms with Crippen molar-refractivity contribution in [3.8, 4) is 0 Å². The molecule has 3 rings (SSSR count). The highest BCUT2D eigenvalue weighted by Crippen LogP contribution is 2.42. The van der Waals surface area contributed by atoms with Crippen LogP contribution in [-0.4, -0.2) is 22.3 Å². The molecule has 18 heavy (non-hydrogen) atoms. The van der Waals surface area contributed by atoms with E-state index in [4.69, 9.17) is 5.73 Å². The molecule has 1 aliphatic rings. The fraction of sp³-hybridized carbons (Fsp3) is 0.429. The Hall–Kier alpha value is -1.68. The summed E-state index contributed by atoms with van der Waals surface area (Å²) in [5.41, 5.74) is 8.05. The van der Waals surface area contributed by atoms with Crippen molar-refractivity contribution < 1.29 is 4.79 Å². The van der Waals surface area contributed by atoms with Gasteiger partial charge in [-0.15, -0.1) is 0 Å². The molecule has 4 nitrogen and oxygen atoms in total. The van der Waals surface area contributed by atoms with Crippen LogP contribution in [0.5, 0.6) is 0 Å². The second kappa shape index (κ2) is 3.92. The van der Waals surface area contributed by atoms with Crippen LogP contribution in [0.4, 0.5) is 0 Å². The number of aryl methyl sites for hydroxylation is 1. The van der Waals surface area contributed by atoms with Crippen molar-refractivity contribution >= 4 is 16.8 Å². The molecule has 0 unspecified atom stereocenters. The first kappa shape index (κ1) is 11.4. The first-order valence-electron chi connectivity index (χ1n) is 6.36. The average Bonchev–Trinajstić information content (AvgIpc) is 2.67. The smallest absolute Gasteiger partial charge is 0.170 e. The van der Waals surface area contributed by atoms with E-state index >= 15 is 0 Å². The molecule has 0 saturated heterocycles. The minimum absolute atomic E-state index is 0.186. The maximum Gasteiger partial charge on any atom is 0.170 e. The number of nitrogens with zero attached hydrogens (tertiary/aromatic N) is 1. The molecule has 0 spiro atoms. The average molecular weight is 243 g/mol. The molecule has 0 aliphatic heterocycles. The van der Waals surface area contributed by atoms with E-state index in [9.17, 15) is 4.79 Å². The summed E-state index contributed by atoms with van der Waals surface area (Å²) in [6.07, 6.45) is 2.94. The standard InChI is InChI=1S/C14H17N3O/c1-9-16-11-4-3-10(7-12(11)17-9)13(18)14(8-15)5-2-6-14/h3-4,7H,2,5-6,8,15H2,1H3,(H,16,17). The first-order chi connectivity index (χ1) is 8.64. The quantitative estimate of drug-likeness (QED) is 0.812. The zero-order chi connectivity index (χ0) is 12.8. The summed E-state index contributed by atoms with van der Waals surface area (Å²) < 4.78 is 0. The molecular weight excluding hydrogens is 226 g/mol. The van der Waals surface area contributed by atoms with E-state index in [1.165, 1.54) is 0 Å². The lowest BCUT2D eigenvalue weighted by Crippen LogP contribution is -2.44. The number of ketones is 1. The predicted molar refractivity (Wildman–Crippen MR) is 70.5 cm³/mol. The number of imidazole rings is 1. The van der Waals surface area contributed by atoms with Crippen LogP contribution in [0.1, 0.15) is 35.4 Å². The van der Waals surface area contributed by atoms with E-state index in [1.807, 2.05) is 25.1 Å². The van der Waals surface area contributed by atoms with E-state index in [1.54, 1.807) is 0 Å². The van der Waals surface area contributed by atoms with Crippen molar-refractivity contribution in [2.75, 3.05) is 6.54 Å². The number of nitrogens with two attached hydrogens (primary N) is 1. The molecule has 2 aromatic rings. The molecule has 3 N–H and O–H groups in total. The number of Topliss-reactive ketones (excluding diaryl/α,β-unsaturated/α-hetero) is 1. The number of hydrogen-bond acceptors (Lipinski definition) is 3. The third-order valence-corrected chi connectivity index (χ3v) is 4.05. The Morgan fingerprint density at radius 2 is 2.28 bits per heavy atom. The van der Waals surface area contributed by atoms with Gasteiger partial charge in [-0.05, 0) is 38.0 Å². The summed E-state index contributed by atoms with van der Waals surface area (Å²) in [6.45, 7) is 2.36. The summed E-state index contributed by atoms with van der Waals surface area (Å²) in [5, 5.41) is 0. The van der Waals surface area contributed by atoms with Crippen molar-refractivity contribution in [3.63, 3.8) is 0 Å². The number of nitrogens with one attached hydrogen (secondary N) is 1. The first-order valence-corrected chi connectivity index (χ1v) is 6.36.